The topological polar surface area (TPSA) is 57.7 Å². The second-order valence-electron chi connectivity index (χ2n) is 6.88. The number of nitrogens with zero attached hydrogens (tertiary/aromatic N) is 2. The average molecular weight is 343 g/mol. The van der Waals surface area contributed by atoms with Crippen LogP contribution in [0.5, 0.6) is 0 Å². The van der Waals surface area contributed by atoms with Gasteiger partial charge in [0.2, 0.25) is 15.9 Å². The largest absolute Gasteiger partial charge is 0.342 e. The third-order valence-electron chi connectivity index (χ3n) is 5.12. The smallest absolute Gasteiger partial charge is 0.219 e. The lowest BCUT2D eigenvalue weighted by Gasteiger charge is -2.36. The van der Waals surface area contributed by atoms with Crippen LogP contribution in [-0.4, -0.2) is 55.0 Å². The minimum absolute atomic E-state index is 0.0348. The Morgan fingerprint density at radius 3 is 2.52 bits per heavy atom. The highest BCUT2D eigenvalue weighted by Crippen LogP contribution is 2.27. The minimum Gasteiger partial charge on any atom is -0.342 e. The van der Waals surface area contributed by atoms with Crippen LogP contribution in [0.25, 0.3) is 0 Å². The van der Waals surface area contributed by atoms with Crippen molar-refractivity contribution < 1.29 is 13.2 Å². The molecule has 1 saturated heterocycles. The molecule has 132 valence electrons. The van der Waals surface area contributed by atoms with E-state index in [1.165, 1.54) is 26.2 Å². The van der Waals surface area contributed by atoms with Gasteiger partial charge in [0.25, 0.3) is 0 Å². The van der Waals surface area contributed by atoms with E-state index in [9.17, 15) is 13.2 Å². The highest BCUT2D eigenvalue weighted by molar-refractivity contribution is 7.89. The van der Waals surface area contributed by atoms with E-state index < -0.39 is 15.3 Å². The molecule has 2 fully saturated rings. The Balaban J connectivity index is 2.08. The molecule has 5 nitrogen and oxygen atoms in total. The molecule has 0 aromatic carbocycles. The van der Waals surface area contributed by atoms with Crippen molar-refractivity contribution in [3.8, 4) is 0 Å². The normalized spacial score (nSPS) is 23.9. The van der Waals surface area contributed by atoms with Crippen molar-refractivity contribution in [2.45, 2.75) is 57.1 Å². The zero-order valence-corrected chi connectivity index (χ0v) is 15.1. The summed E-state index contributed by atoms with van der Waals surface area (Å²) in [4.78, 5) is 13.3. The Bertz CT molecular complexity index is 512. The van der Waals surface area contributed by atoms with Gasteiger partial charge in [-0.1, -0.05) is 25.3 Å². The maximum atomic E-state index is 13.1. The molecular weight excluding hydrogens is 312 g/mol. The summed E-state index contributed by atoms with van der Waals surface area (Å²) in [5, 5.41) is -0.469. The lowest BCUT2D eigenvalue weighted by Crippen LogP contribution is -2.50. The summed E-state index contributed by atoms with van der Waals surface area (Å²) in [6, 6.07) is 0. The van der Waals surface area contributed by atoms with E-state index in [1.807, 2.05) is 0 Å². The third kappa shape index (κ3) is 4.80. The van der Waals surface area contributed by atoms with Gasteiger partial charge in [-0.15, -0.1) is 6.58 Å². The number of piperidine rings is 1. The summed E-state index contributed by atoms with van der Waals surface area (Å²) in [5.74, 6) is 0.429. The number of carbonyl (C=O) groups excluding carboxylic acids is 1. The molecule has 1 unspecified atom stereocenters. The van der Waals surface area contributed by atoms with E-state index in [4.69, 9.17) is 0 Å². The molecule has 1 atom stereocenters. The summed E-state index contributed by atoms with van der Waals surface area (Å²) in [7, 11) is -3.38. The van der Waals surface area contributed by atoms with Gasteiger partial charge < -0.3 is 4.90 Å². The van der Waals surface area contributed by atoms with Crippen LogP contribution in [0.3, 0.4) is 0 Å². The van der Waals surface area contributed by atoms with Crippen molar-refractivity contribution in [2.24, 2.45) is 5.92 Å². The highest BCUT2D eigenvalue weighted by Gasteiger charge is 2.36. The SMILES string of the molecule is C=CCN(CC1CCCCC1)S(=O)(=O)C1CCCN(C(C)=O)C1. The molecule has 0 aromatic heterocycles. The van der Waals surface area contributed by atoms with Crippen LogP contribution < -0.4 is 0 Å². The molecule has 1 aliphatic heterocycles. The quantitative estimate of drug-likeness (QED) is 0.697. The zero-order chi connectivity index (χ0) is 16.9. The fourth-order valence-electron chi connectivity index (χ4n) is 3.76. The molecule has 0 spiro atoms. The minimum atomic E-state index is -3.38. The molecular formula is C17H30N2O3S. The van der Waals surface area contributed by atoms with Gasteiger partial charge in [0.15, 0.2) is 0 Å². The van der Waals surface area contributed by atoms with Crippen molar-refractivity contribution in [1.29, 1.82) is 0 Å². The predicted molar refractivity (Wildman–Crippen MR) is 92.5 cm³/mol. The van der Waals surface area contributed by atoms with Crippen molar-refractivity contribution in [1.82, 2.24) is 9.21 Å². The monoisotopic (exact) mass is 342 g/mol. The molecule has 2 rings (SSSR count). The van der Waals surface area contributed by atoms with E-state index in [0.717, 1.165) is 19.3 Å². The van der Waals surface area contributed by atoms with Crippen molar-refractivity contribution >= 4 is 15.9 Å². The molecule has 1 heterocycles. The molecule has 0 bridgehead atoms. The molecule has 1 amide bonds. The lowest BCUT2D eigenvalue weighted by molar-refractivity contribution is -0.129. The summed E-state index contributed by atoms with van der Waals surface area (Å²) in [6.45, 7) is 7.21. The van der Waals surface area contributed by atoms with Gasteiger partial charge in [0.05, 0.1) is 5.25 Å². The van der Waals surface area contributed by atoms with Crippen LogP contribution in [-0.2, 0) is 14.8 Å². The number of carbonyl (C=O) groups is 1. The van der Waals surface area contributed by atoms with Gasteiger partial charge in [0.1, 0.15) is 0 Å². The Morgan fingerprint density at radius 2 is 1.91 bits per heavy atom. The van der Waals surface area contributed by atoms with E-state index in [2.05, 4.69) is 6.58 Å². The van der Waals surface area contributed by atoms with Crippen LogP contribution in [0.2, 0.25) is 0 Å². The first-order valence-electron chi connectivity index (χ1n) is 8.80. The Hall–Kier alpha value is -0.880. The van der Waals surface area contributed by atoms with Crippen molar-refractivity contribution in [2.75, 3.05) is 26.2 Å². The van der Waals surface area contributed by atoms with Gasteiger partial charge in [0, 0.05) is 33.1 Å². The summed E-state index contributed by atoms with van der Waals surface area (Å²) in [5.41, 5.74) is 0. The molecule has 0 N–H and O–H groups in total. The fourth-order valence-corrected chi connectivity index (χ4v) is 5.75. The van der Waals surface area contributed by atoms with Crippen LogP contribution in [0, 0.1) is 5.92 Å². The zero-order valence-electron chi connectivity index (χ0n) is 14.2. The Labute approximate surface area is 140 Å². The number of rotatable bonds is 6. The molecule has 1 aliphatic carbocycles. The molecule has 23 heavy (non-hydrogen) atoms. The van der Waals surface area contributed by atoms with Crippen molar-refractivity contribution in [3.63, 3.8) is 0 Å². The first kappa shape index (κ1) is 18.5. The first-order valence-corrected chi connectivity index (χ1v) is 10.3. The third-order valence-corrected chi connectivity index (χ3v) is 7.37. The van der Waals surface area contributed by atoms with Crippen LogP contribution in [0.1, 0.15) is 51.9 Å². The number of amides is 1. The lowest BCUT2D eigenvalue weighted by atomic mass is 9.89. The van der Waals surface area contributed by atoms with E-state index >= 15 is 0 Å². The number of hydrogen-bond acceptors (Lipinski definition) is 3. The molecule has 0 aromatic rings. The number of hydrogen-bond donors (Lipinski definition) is 0. The van der Waals surface area contributed by atoms with E-state index in [1.54, 1.807) is 15.3 Å². The van der Waals surface area contributed by atoms with Gasteiger partial charge in [-0.05, 0) is 31.6 Å². The maximum Gasteiger partial charge on any atom is 0.219 e. The highest BCUT2D eigenvalue weighted by atomic mass is 32.2. The van der Waals surface area contributed by atoms with Gasteiger partial charge >= 0.3 is 0 Å². The Kier molecular flexibility index (Phi) is 6.65. The molecule has 1 saturated carbocycles. The summed E-state index contributed by atoms with van der Waals surface area (Å²) in [6.07, 6.45) is 8.98. The van der Waals surface area contributed by atoms with Crippen molar-refractivity contribution in [3.05, 3.63) is 12.7 Å². The summed E-state index contributed by atoms with van der Waals surface area (Å²) < 4.78 is 27.7. The standard InChI is InChI=1S/C17H30N2O3S/c1-3-11-19(13-16-8-5-4-6-9-16)23(21,22)17-10-7-12-18(14-17)15(2)20/h3,16-17H,1,4-14H2,2H3. The van der Waals surface area contributed by atoms with Gasteiger partial charge in [-0.3, -0.25) is 4.79 Å². The number of sulfonamides is 1. The fraction of sp³-hybridized carbons (Fsp3) is 0.824. The second kappa shape index (κ2) is 8.29. The maximum absolute atomic E-state index is 13.1. The Morgan fingerprint density at radius 1 is 1.22 bits per heavy atom. The second-order valence-corrected chi connectivity index (χ2v) is 9.10. The van der Waals surface area contributed by atoms with E-state index in [0.29, 0.717) is 38.5 Å². The van der Waals surface area contributed by atoms with Gasteiger partial charge in [-0.2, -0.15) is 4.31 Å². The average Bonchev–Trinajstić information content (AvgIpc) is 2.55. The molecule has 0 radical (unpaired) electrons. The molecule has 2 aliphatic rings. The number of likely N-dealkylation sites (tertiary alicyclic amines) is 1. The predicted octanol–water partition coefficient (Wildman–Crippen LogP) is 2.40. The van der Waals surface area contributed by atoms with E-state index in [-0.39, 0.29) is 5.91 Å². The molecule has 6 heteroatoms. The summed E-state index contributed by atoms with van der Waals surface area (Å²) >= 11 is 0. The van der Waals surface area contributed by atoms with Crippen LogP contribution >= 0.6 is 0 Å². The first-order chi connectivity index (χ1) is 10.9. The van der Waals surface area contributed by atoms with Crippen LogP contribution in [0.4, 0.5) is 0 Å². The van der Waals surface area contributed by atoms with Crippen LogP contribution in [0.15, 0.2) is 12.7 Å². The van der Waals surface area contributed by atoms with Gasteiger partial charge in [-0.25, -0.2) is 8.42 Å².